The molecule has 21 heavy (non-hydrogen) atoms. The Hall–Kier alpha value is -1.92. The van der Waals surface area contributed by atoms with Gasteiger partial charge in [0.25, 0.3) is 6.43 Å². The van der Waals surface area contributed by atoms with Crippen LogP contribution in [0.4, 0.5) is 14.6 Å². The third kappa shape index (κ3) is 3.59. The standard InChI is InChI=1S/C14H21F2N5/c1-9(2)20-7-10(3)14(19-20)17-5-12-6-18-21(11(12)4)8-13(15)16/h6-7,9,13H,5,8H2,1-4H3,(H,17,19). The van der Waals surface area contributed by atoms with Gasteiger partial charge in [0.15, 0.2) is 5.82 Å². The topological polar surface area (TPSA) is 47.7 Å². The molecule has 5 nitrogen and oxygen atoms in total. The summed E-state index contributed by atoms with van der Waals surface area (Å²) in [5, 5.41) is 11.7. The van der Waals surface area contributed by atoms with E-state index in [1.165, 1.54) is 4.68 Å². The molecule has 0 aliphatic heterocycles. The summed E-state index contributed by atoms with van der Waals surface area (Å²) >= 11 is 0. The molecule has 0 aliphatic rings. The van der Waals surface area contributed by atoms with Crippen molar-refractivity contribution in [2.24, 2.45) is 0 Å². The first-order chi connectivity index (χ1) is 9.88. The predicted octanol–water partition coefficient (Wildman–Crippen LogP) is 3.15. The van der Waals surface area contributed by atoms with Crippen LogP contribution < -0.4 is 5.32 Å². The van der Waals surface area contributed by atoms with Crippen LogP contribution in [0.5, 0.6) is 0 Å². The molecular formula is C14H21F2N5. The molecule has 116 valence electrons. The van der Waals surface area contributed by atoms with Crippen LogP contribution in [0.15, 0.2) is 12.4 Å². The molecule has 0 bridgehead atoms. The average Bonchev–Trinajstić information content (AvgIpc) is 2.92. The Morgan fingerprint density at radius 2 is 2.00 bits per heavy atom. The van der Waals surface area contributed by atoms with Crippen molar-refractivity contribution in [3.05, 3.63) is 29.2 Å². The van der Waals surface area contributed by atoms with Crippen LogP contribution >= 0.6 is 0 Å². The Bertz CT molecular complexity index is 601. The molecule has 2 aromatic heterocycles. The van der Waals surface area contributed by atoms with E-state index in [2.05, 4.69) is 29.4 Å². The van der Waals surface area contributed by atoms with Crippen LogP contribution in [-0.4, -0.2) is 26.0 Å². The van der Waals surface area contributed by atoms with Gasteiger partial charge in [-0.25, -0.2) is 8.78 Å². The van der Waals surface area contributed by atoms with Crippen molar-refractivity contribution in [3.8, 4) is 0 Å². The second-order valence-corrected chi connectivity index (χ2v) is 5.42. The summed E-state index contributed by atoms with van der Waals surface area (Å²) in [5.74, 6) is 0.810. The minimum absolute atomic E-state index is 0.301. The molecule has 7 heteroatoms. The molecule has 1 N–H and O–H groups in total. The lowest BCUT2D eigenvalue weighted by Gasteiger charge is -2.07. The number of anilines is 1. The summed E-state index contributed by atoms with van der Waals surface area (Å²) in [4.78, 5) is 0. The van der Waals surface area contributed by atoms with Gasteiger partial charge in [-0.05, 0) is 27.7 Å². The number of rotatable bonds is 6. The van der Waals surface area contributed by atoms with Crippen LogP contribution in [0.2, 0.25) is 0 Å². The lowest BCUT2D eigenvalue weighted by molar-refractivity contribution is 0.121. The van der Waals surface area contributed by atoms with Gasteiger partial charge in [-0.1, -0.05) is 0 Å². The van der Waals surface area contributed by atoms with Crippen molar-refractivity contribution >= 4 is 5.82 Å². The van der Waals surface area contributed by atoms with E-state index in [0.717, 1.165) is 22.6 Å². The van der Waals surface area contributed by atoms with E-state index in [4.69, 9.17) is 0 Å². The van der Waals surface area contributed by atoms with Gasteiger partial charge in [-0.15, -0.1) is 0 Å². The fourth-order valence-corrected chi connectivity index (χ4v) is 2.07. The van der Waals surface area contributed by atoms with Crippen molar-refractivity contribution < 1.29 is 8.78 Å². The van der Waals surface area contributed by atoms with Gasteiger partial charge in [0.1, 0.15) is 6.54 Å². The van der Waals surface area contributed by atoms with Crippen molar-refractivity contribution in [2.45, 2.75) is 53.3 Å². The number of aromatic nitrogens is 4. The molecule has 2 aromatic rings. The molecule has 0 saturated heterocycles. The van der Waals surface area contributed by atoms with Gasteiger partial charge in [0, 0.05) is 35.6 Å². The van der Waals surface area contributed by atoms with Crippen molar-refractivity contribution in [1.29, 1.82) is 0 Å². The van der Waals surface area contributed by atoms with Gasteiger partial charge in [-0.2, -0.15) is 10.2 Å². The highest BCUT2D eigenvalue weighted by Gasteiger charge is 2.12. The number of nitrogens with one attached hydrogen (secondary N) is 1. The molecule has 2 rings (SSSR count). The fraction of sp³-hybridized carbons (Fsp3) is 0.571. The van der Waals surface area contributed by atoms with E-state index in [1.54, 1.807) is 13.1 Å². The predicted molar refractivity (Wildman–Crippen MR) is 77.6 cm³/mol. The summed E-state index contributed by atoms with van der Waals surface area (Å²) < 4.78 is 28.0. The summed E-state index contributed by atoms with van der Waals surface area (Å²) in [7, 11) is 0. The summed E-state index contributed by atoms with van der Waals surface area (Å²) in [6.45, 7) is 8.06. The SMILES string of the molecule is Cc1cn(C(C)C)nc1NCc1cnn(CC(F)F)c1C. The van der Waals surface area contributed by atoms with Crippen LogP contribution in [-0.2, 0) is 13.1 Å². The van der Waals surface area contributed by atoms with Crippen LogP contribution in [0.25, 0.3) is 0 Å². The maximum atomic E-state index is 12.4. The van der Waals surface area contributed by atoms with E-state index in [-0.39, 0.29) is 6.54 Å². The molecule has 0 saturated carbocycles. The number of hydrogen-bond acceptors (Lipinski definition) is 3. The Kier molecular flexibility index (Phi) is 4.59. The van der Waals surface area contributed by atoms with E-state index >= 15 is 0 Å². The zero-order valence-corrected chi connectivity index (χ0v) is 12.8. The second kappa shape index (κ2) is 6.24. The molecule has 0 aromatic carbocycles. The summed E-state index contributed by atoms with van der Waals surface area (Å²) in [5.41, 5.74) is 2.71. The molecule has 0 spiro atoms. The largest absolute Gasteiger partial charge is 0.364 e. The highest BCUT2D eigenvalue weighted by molar-refractivity contribution is 5.42. The van der Waals surface area contributed by atoms with Crippen LogP contribution in [0.3, 0.4) is 0 Å². The highest BCUT2D eigenvalue weighted by atomic mass is 19.3. The minimum atomic E-state index is -2.40. The fourth-order valence-electron chi connectivity index (χ4n) is 2.07. The first-order valence-electron chi connectivity index (χ1n) is 6.97. The third-order valence-corrected chi connectivity index (χ3v) is 3.41. The van der Waals surface area contributed by atoms with E-state index in [9.17, 15) is 8.78 Å². The third-order valence-electron chi connectivity index (χ3n) is 3.41. The van der Waals surface area contributed by atoms with Crippen LogP contribution in [0, 0.1) is 13.8 Å². The first-order valence-corrected chi connectivity index (χ1v) is 6.97. The number of aryl methyl sites for hydroxylation is 1. The quantitative estimate of drug-likeness (QED) is 0.891. The van der Waals surface area contributed by atoms with Gasteiger partial charge >= 0.3 is 0 Å². The van der Waals surface area contributed by atoms with Gasteiger partial charge < -0.3 is 5.32 Å². The van der Waals surface area contributed by atoms with E-state index < -0.39 is 6.43 Å². The Labute approximate surface area is 123 Å². The van der Waals surface area contributed by atoms with Crippen molar-refractivity contribution in [3.63, 3.8) is 0 Å². The Balaban J connectivity index is 2.05. The van der Waals surface area contributed by atoms with Crippen molar-refractivity contribution in [2.75, 3.05) is 5.32 Å². The van der Waals surface area contributed by atoms with Crippen LogP contribution in [0.1, 0.15) is 36.7 Å². The molecule has 0 radical (unpaired) electrons. The second-order valence-electron chi connectivity index (χ2n) is 5.42. The number of alkyl halides is 2. The molecule has 2 heterocycles. The number of halogens is 2. The molecule has 0 fully saturated rings. The minimum Gasteiger partial charge on any atom is -0.364 e. The molecule has 0 atom stereocenters. The molecule has 0 aliphatic carbocycles. The molecule has 0 unspecified atom stereocenters. The normalized spacial score (nSPS) is 11.6. The van der Waals surface area contributed by atoms with E-state index in [1.807, 2.05) is 17.8 Å². The van der Waals surface area contributed by atoms with E-state index in [0.29, 0.717) is 12.6 Å². The summed E-state index contributed by atoms with van der Waals surface area (Å²) in [6, 6.07) is 0.301. The Morgan fingerprint density at radius 3 is 2.57 bits per heavy atom. The zero-order chi connectivity index (χ0) is 15.6. The highest BCUT2D eigenvalue weighted by Crippen LogP contribution is 2.17. The Morgan fingerprint density at radius 1 is 1.29 bits per heavy atom. The maximum absolute atomic E-state index is 12.4. The van der Waals surface area contributed by atoms with Gasteiger partial charge in [0.05, 0.1) is 6.20 Å². The number of nitrogens with zero attached hydrogens (tertiary/aromatic N) is 4. The lowest BCUT2D eigenvalue weighted by atomic mass is 10.2. The lowest BCUT2D eigenvalue weighted by Crippen LogP contribution is -2.10. The zero-order valence-electron chi connectivity index (χ0n) is 12.8. The van der Waals surface area contributed by atoms with Gasteiger partial charge in [0.2, 0.25) is 0 Å². The monoisotopic (exact) mass is 297 g/mol. The van der Waals surface area contributed by atoms with Gasteiger partial charge in [-0.3, -0.25) is 9.36 Å². The molecular weight excluding hydrogens is 276 g/mol. The summed E-state index contributed by atoms with van der Waals surface area (Å²) in [6.07, 6.45) is 1.22. The average molecular weight is 297 g/mol. The smallest absolute Gasteiger partial charge is 0.257 e. The first kappa shape index (κ1) is 15.5. The molecule has 0 amide bonds. The van der Waals surface area contributed by atoms with Crippen molar-refractivity contribution in [1.82, 2.24) is 19.6 Å². The number of hydrogen-bond donors (Lipinski definition) is 1. The maximum Gasteiger partial charge on any atom is 0.257 e.